The first kappa shape index (κ1) is 9.80. The Hall–Kier alpha value is -0.740. The lowest BCUT2D eigenvalue weighted by molar-refractivity contribution is 0.282. The summed E-state index contributed by atoms with van der Waals surface area (Å²) in [6, 6.07) is 0. The molecular formula is C10H9BrFNO. The molecule has 1 atom stereocenters. The van der Waals surface area contributed by atoms with Crippen molar-refractivity contribution in [2.24, 2.45) is 4.99 Å². The van der Waals surface area contributed by atoms with Crippen LogP contribution in [0.4, 0.5) is 4.39 Å². The number of rotatable bonds is 2. The van der Waals surface area contributed by atoms with E-state index >= 15 is 0 Å². The molecule has 0 aromatic rings. The average Bonchev–Trinajstić information content (AvgIpc) is 2.46. The fourth-order valence-corrected chi connectivity index (χ4v) is 1.92. The summed E-state index contributed by atoms with van der Waals surface area (Å²) in [5.41, 5.74) is -0.696. The van der Waals surface area contributed by atoms with Crippen molar-refractivity contribution in [1.82, 2.24) is 0 Å². The molecule has 0 radical (unpaired) electrons. The number of halogens is 2. The molecule has 0 bridgehead atoms. The summed E-state index contributed by atoms with van der Waals surface area (Å²) >= 11 is 3.26. The molecule has 0 aromatic heterocycles. The topological polar surface area (TPSA) is 32.6 Å². The summed E-state index contributed by atoms with van der Waals surface area (Å²) < 4.78 is 15.1. The Morgan fingerprint density at radius 1 is 1.57 bits per heavy atom. The van der Waals surface area contributed by atoms with Crippen LogP contribution in [0.15, 0.2) is 39.5 Å². The minimum absolute atomic E-state index is 0.0565. The van der Waals surface area contributed by atoms with E-state index in [-0.39, 0.29) is 6.61 Å². The van der Waals surface area contributed by atoms with Gasteiger partial charge in [-0.2, -0.15) is 0 Å². The Morgan fingerprint density at radius 3 is 3.07 bits per heavy atom. The van der Waals surface area contributed by atoms with E-state index in [2.05, 4.69) is 20.9 Å². The number of hydrogen-bond donors (Lipinski definition) is 1. The van der Waals surface area contributed by atoms with E-state index in [1.54, 1.807) is 12.2 Å². The first-order valence-corrected chi connectivity index (χ1v) is 5.10. The van der Waals surface area contributed by atoms with E-state index in [9.17, 15) is 4.39 Å². The molecule has 2 rings (SSSR count). The average molecular weight is 258 g/mol. The molecule has 1 aliphatic carbocycles. The molecule has 1 N–H and O–H groups in total. The zero-order valence-electron chi connectivity index (χ0n) is 7.37. The third kappa shape index (κ3) is 1.38. The van der Waals surface area contributed by atoms with Crippen molar-refractivity contribution in [3.8, 4) is 0 Å². The highest BCUT2D eigenvalue weighted by atomic mass is 79.9. The number of aliphatic hydroxyl groups excluding tert-OH is 1. The van der Waals surface area contributed by atoms with Gasteiger partial charge in [0, 0.05) is 17.3 Å². The molecule has 1 heterocycles. The van der Waals surface area contributed by atoms with Gasteiger partial charge in [0.1, 0.15) is 0 Å². The Morgan fingerprint density at radius 2 is 2.36 bits per heavy atom. The largest absolute Gasteiger partial charge is 0.396 e. The van der Waals surface area contributed by atoms with Crippen molar-refractivity contribution in [1.29, 1.82) is 0 Å². The number of nitrogens with zero attached hydrogens (tertiary/aromatic N) is 1. The minimum atomic E-state index is -1.60. The van der Waals surface area contributed by atoms with Crippen LogP contribution in [0.1, 0.15) is 6.42 Å². The third-order valence-electron chi connectivity index (χ3n) is 2.33. The fraction of sp³-hybridized carbons (Fsp3) is 0.300. The van der Waals surface area contributed by atoms with Gasteiger partial charge in [0.05, 0.1) is 5.71 Å². The van der Waals surface area contributed by atoms with Crippen LogP contribution in [0.3, 0.4) is 0 Å². The van der Waals surface area contributed by atoms with Gasteiger partial charge in [0.25, 0.3) is 0 Å². The van der Waals surface area contributed by atoms with Crippen LogP contribution in [0, 0.1) is 0 Å². The normalized spacial score (nSPS) is 29.5. The number of alkyl halides is 1. The van der Waals surface area contributed by atoms with E-state index in [1.807, 2.05) is 0 Å². The number of aliphatic imine (C=N–C) groups is 1. The smallest absolute Gasteiger partial charge is 0.194 e. The van der Waals surface area contributed by atoms with E-state index in [0.29, 0.717) is 17.7 Å². The molecule has 1 unspecified atom stereocenters. The summed E-state index contributed by atoms with van der Waals surface area (Å²) in [5.74, 6) is 0. The maximum absolute atomic E-state index is 14.3. The first-order valence-electron chi connectivity index (χ1n) is 4.31. The van der Waals surface area contributed by atoms with E-state index < -0.39 is 5.67 Å². The number of aliphatic hydroxyl groups is 1. The predicted molar refractivity (Wildman–Crippen MR) is 57.2 cm³/mol. The van der Waals surface area contributed by atoms with Crippen LogP contribution < -0.4 is 0 Å². The van der Waals surface area contributed by atoms with Crippen LogP contribution in [-0.4, -0.2) is 23.1 Å². The highest BCUT2D eigenvalue weighted by Gasteiger charge is 2.40. The van der Waals surface area contributed by atoms with Crippen molar-refractivity contribution in [3.05, 3.63) is 34.5 Å². The second-order valence-corrected chi connectivity index (χ2v) is 4.13. The lowest BCUT2D eigenvalue weighted by Crippen LogP contribution is -2.31. The molecule has 74 valence electrons. The second kappa shape index (κ2) is 3.44. The van der Waals surface area contributed by atoms with E-state index in [1.165, 1.54) is 12.3 Å². The Bertz CT molecular complexity index is 384. The van der Waals surface area contributed by atoms with Crippen LogP contribution in [-0.2, 0) is 0 Å². The van der Waals surface area contributed by atoms with Crippen LogP contribution in [0.2, 0.25) is 0 Å². The van der Waals surface area contributed by atoms with Gasteiger partial charge in [-0.15, -0.1) is 0 Å². The number of hydrogen-bond acceptors (Lipinski definition) is 2. The third-order valence-corrected chi connectivity index (χ3v) is 2.82. The molecule has 2 nitrogen and oxygen atoms in total. The number of fused-ring (bicyclic) bond motifs is 1. The zero-order chi connectivity index (χ0) is 10.2. The van der Waals surface area contributed by atoms with Gasteiger partial charge in [-0.05, 0) is 30.2 Å². The molecule has 1 aliphatic heterocycles. The molecule has 14 heavy (non-hydrogen) atoms. The maximum atomic E-state index is 14.3. The first-order chi connectivity index (χ1) is 6.66. The van der Waals surface area contributed by atoms with Gasteiger partial charge in [0.15, 0.2) is 5.67 Å². The van der Waals surface area contributed by atoms with Gasteiger partial charge in [0.2, 0.25) is 0 Å². The van der Waals surface area contributed by atoms with Gasteiger partial charge in [-0.25, -0.2) is 4.39 Å². The predicted octanol–water partition coefficient (Wildman–Crippen LogP) is 2.26. The standard InChI is InChI=1S/C10H9BrFNO/c11-8-1-3-10(12)7(2-4-14)6-13-9(10)5-8/h1,3,5-6,14H,2,4H2. The molecule has 2 aliphatic rings. The Balaban J connectivity index is 2.32. The fourth-order valence-electron chi connectivity index (χ4n) is 1.57. The lowest BCUT2D eigenvalue weighted by Gasteiger charge is -2.22. The highest BCUT2D eigenvalue weighted by molar-refractivity contribution is 9.11. The number of allylic oxidation sites excluding steroid dienone is 4. The summed E-state index contributed by atoms with van der Waals surface area (Å²) in [4.78, 5) is 3.99. The summed E-state index contributed by atoms with van der Waals surface area (Å²) in [7, 11) is 0. The minimum Gasteiger partial charge on any atom is -0.396 e. The summed E-state index contributed by atoms with van der Waals surface area (Å²) in [6.45, 7) is -0.0565. The molecule has 0 fully saturated rings. The Kier molecular flexibility index (Phi) is 2.41. The molecular weight excluding hydrogens is 249 g/mol. The second-order valence-electron chi connectivity index (χ2n) is 3.22. The van der Waals surface area contributed by atoms with E-state index in [4.69, 9.17) is 5.11 Å². The molecule has 0 spiro atoms. The van der Waals surface area contributed by atoms with Gasteiger partial charge in [-0.3, -0.25) is 4.99 Å². The van der Waals surface area contributed by atoms with Crippen molar-refractivity contribution >= 4 is 21.6 Å². The lowest BCUT2D eigenvalue weighted by atomic mass is 9.88. The van der Waals surface area contributed by atoms with Crippen molar-refractivity contribution in [2.75, 3.05) is 6.61 Å². The molecule has 0 amide bonds. The van der Waals surface area contributed by atoms with Crippen molar-refractivity contribution < 1.29 is 9.50 Å². The van der Waals surface area contributed by atoms with Gasteiger partial charge in [-0.1, -0.05) is 15.9 Å². The van der Waals surface area contributed by atoms with Crippen molar-refractivity contribution in [2.45, 2.75) is 12.1 Å². The highest BCUT2D eigenvalue weighted by Crippen LogP contribution is 2.37. The van der Waals surface area contributed by atoms with Crippen molar-refractivity contribution in [3.63, 3.8) is 0 Å². The van der Waals surface area contributed by atoms with E-state index in [0.717, 1.165) is 4.48 Å². The molecule has 4 heteroatoms. The zero-order valence-corrected chi connectivity index (χ0v) is 8.96. The Labute approximate surface area is 89.7 Å². The van der Waals surface area contributed by atoms with Crippen LogP contribution in [0.5, 0.6) is 0 Å². The summed E-state index contributed by atoms with van der Waals surface area (Å²) in [5, 5.41) is 8.78. The quantitative estimate of drug-likeness (QED) is 0.809. The summed E-state index contributed by atoms with van der Waals surface area (Å²) in [6.07, 6.45) is 6.60. The molecule has 0 aromatic carbocycles. The molecule has 0 saturated carbocycles. The van der Waals surface area contributed by atoms with Crippen LogP contribution >= 0.6 is 15.9 Å². The molecule has 0 saturated heterocycles. The van der Waals surface area contributed by atoms with Gasteiger partial charge >= 0.3 is 0 Å². The van der Waals surface area contributed by atoms with Crippen LogP contribution in [0.25, 0.3) is 0 Å². The monoisotopic (exact) mass is 257 g/mol. The van der Waals surface area contributed by atoms with Gasteiger partial charge < -0.3 is 5.11 Å². The SMILES string of the molecule is OCCC1=CN=C2C=C(Br)C=CC12F. The maximum Gasteiger partial charge on any atom is 0.194 e.